The molecule has 7 nitrogen and oxygen atoms in total. The lowest BCUT2D eigenvalue weighted by atomic mass is 10.2. The van der Waals surface area contributed by atoms with Gasteiger partial charge in [-0.1, -0.05) is 0 Å². The summed E-state index contributed by atoms with van der Waals surface area (Å²) in [6.45, 7) is 2.87. The molecule has 1 aromatic heterocycles. The number of hydrogen-bond acceptors (Lipinski definition) is 6. The number of nitrogen functional groups attached to an aromatic ring is 1. The van der Waals surface area contributed by atoms with Gasteiger partial charge >= 0.3 is 0 Å². The number of nitrogens with zero attached hydrogens (tertiary/aromatic N) is 2. The molecule has 0 radical (unpaired) electrons. The summed E-state index contributed by atoms with van der Waals surface area (Å²) >= 11 is 0. The first-order valence-electron chi connectivity index (χ1n) is 5.31. The molecule has 0 atom stereocenters. The Morgan fingerprint density at radius 3 is 2.82 bits per heavy atom. The minimum Gasteiger partial charge on any atom is -0.397 e. The molecule has 17 heavy (non-hydrogen) atoms. The van der Waals surface area contributed by atoms with Crippen molar-refractivity contribution in [3.63, 3.8) is 0 Å². The number of pyridine rings is 1. The number of amides is 1. The second-order valence-corrected chi connectivity index (χ2v) is 3.73. The van der Waals surface area contributed by atoms with Gasteiger partial charge in [0.2, 0.25) is 0 Å². The Morgan fingerprint density at radius 1 is 1.47 bits per heavy atom. The molecule has 1 fully saturated rings. The molecule has 1 saturated heterocycles. The van der Waals surface area contributed by atoms with Crippen LogP contribution in [0.15, 0.2) is 12.3 Å². The smallest absolute Gasteiger partial charge is 0.250 e. The molecule has 0 spiro atoms. The van der Waals surface area contributed by atoms with Crippen LogP contribution in [0.5, 0.6) is 0 Å². The average Bonchev–Trinajstić information content (AvgIpc) is 2.32. The molecular weight excluding hydrogens is 222 g/mol. The number of primary amides is 1. The van der Waals surface area contributed by atoms with E-state index in [0.29, 0.717) is 19.0 Å². The normalized spacial score (nSPS) is 16.7. The molecule has 92 valence electrons. The number of rotatable bonds is 3. The van der Waals surface area contributed by atoms with Crippen molar-refractivity contribution in [3.05, 3.63) is 17.8 Å². The maximum Gasteiger partial charge on any atom is 0.250 e. The zero-order chi connectivity index (χ0) is 12.3. The molecule has 1 aromatic rings. The Hall–Kier alpha value is -1.86. The second kappa shape index (κ2) is 4.98. The van der Waals surface area contributed by atoms with Gasteiger partial charge < -0.3 is 21.6 Å². The highest BCUT2D eigenvalue weighted by molar-refractivity contribution is 5.98. The molecule has 1 aliphatic rings. The summed E-state index contributed by atoms with van der Waals surface area (Å²) in [4.78, 5) is 15.2. The maximum atomic E-state index is 11.1. The fraction of sp³-hybridized carbons (Fsp3) is 0.400. The van der Waals surface area contributed by atoms with E-state index in [0.717, 1.165) is 13.1 Å². The van der Waals surface area contributed by atoms with Crippen LogP contribution in [0.25, 0.3) is 0 Å². The lowest BCUT2D eigenvalue weighted by Crippen LogP contribution is -2.40. The molecule has 2 rings (SSSR count). The first kappa shape index (κ1) is 11.6. The van der Waals surface area contributed by atoms with Gasteiger partial charge in [-0.25, -0.2) is 9.99 Å². The minimum atomic E-state index is -0.560. The molecule has 0 unspecified atom stereocenters. The zero-order valence-electron chi connectivity index (χ0n) is 9.35. The Labute approximate surface area is 98.7 Å². The number of morpholine rings is 1. The average molecular weight is 237 g/mol. The quantitative estimate of drug-likeness (QED) is 0.649. The van der Waals surface area contributed by atoms with E-state index in [-0.39, 0.29) is 11.3 Å². The SMILES string of the molecule is NC(=O)c1cc(NN2CCOCC2)ncc1N. The third-order valence-corrected chi connectivity index (χ3v) is 2.48. The number of nitrogens with one attached hydrogen (secondary N) is 1. The lowest BCUT2D eigenvalue weighted by Gasteiger charge is -2.27. The van der Waals surface area contributed by atoms with E-state index in [9.17, 15) is 4.79 Å². The summed E-state index contributed by atoms with van der Waals surface area (Å²) in [7, 11) is 0. The second-order valence-electron chi connectivity index (χ2n) is 3.73. The highest BCUT2D eigenvalue weighted by atomic mass is 16.5. The van der Waals surface area contributed by atoms with Gasteiger partial charge in [0.15, 0.2) is 0 Å². The molecule has 5 N–H and O–H groups in total. The van der Waals surface area contributed by atoms with Crippen LogP contribution in [0.1, 0.15) is 10.4 Å². The van der Waals surface area contributed by atoms with E-state index in [1.54, 1.807) is 6.07 Å². The highest BCUT2D eigenvalue weighted by Crippen LogP contribution is 2.14. The van der Waals surface area contributed by atoms with E-state index in [4.69, 9.17) is 16.2 Å². The van der Waals surface area contributed by atoms with E-state index < -0.39 is 5.91 Å². The largest absolute Gasteiger partial charge is 0.397 e. The van der Waals surface area contributed by atoms with Crippen molar-refractivity contribution in [2.45, 2.75) is 0 Å². The standard InChI is InChI=1S/C10H15N5O2/c11-8-6-13-9(5-7(8)10(12)16)14-15-1-3-17-4-2-15/h5-6H,1-4,11H2,(H2,12,16)(H,13,14). The van der Waals surface area contributed by atoms with Crippen LogP contribution < -0.4 is 16.9 Å². The van der Waals surface area contributed by atoms with E-state index in [2.05, 4.69) is 10.4 Å². The van der Waals surface area contributed by atoms with E-state index in [1.807, 2.05) is 5.01 Å². The first-order chi connectivity index (χ1) is 8.16. The number of carbonyl (C=O) groups excluding carboxylic acids is 1. The van der Waals surface area contributed by atoms with Crippen LogP contribution in [-0.2, 0) is 4.74 Å². The Bertz CT molecular complexity index is 417. The summed E-state index contributed by atoms with van der Waals surface area (Å²) in [6, 6.07) is 1.55. The van der Waals surface area contributed by atoms with Gasteiger partial charge in [0.1, 0.15) is 5.82 Å². The number of aromatic nitrogens is 1. The van der Waals surface area contributed by atoms with Crippen molar-refractivity contribution in [2.24, 2.45) is 5.73 Å². The van der Waals surface area contributed by atoms with Gasteiger partial charge in [0.25, 0.3) is 5.91 Å². The summed E-state index contributed by atoms with van der Waals surface area (Å²) in [5.41, 5.74) is 14.4. The predicted molar refractivity (Wildman–Crippen MR) is 63.2 cm³/mol. The van der Waals surface area contributed by atoms with Crippen molar-refractivity contribution < 1.29 is 9.53 Å². The summed E-state index contributed by atoms with van der Waals surface area (Å²) < 4.78 is 5.22. The molecule has 2 heterocycles. The number of hydrogen-bond donors (Lipinski definition) is 3. The van der Waals surface area contributed by atoms with Crippen molar-refractivity contribution in [1.82, 2.24) is 9.99 Å². The van der Waals surface area contributed by atoms with Crippen molar-refractivity contribution in [2.75, 3.05) is 37.5 Å². The number of ether oxygens (including phenoxy) is 1. The molecule has 0 bridgehead atoms. The first-order valence-corrected chi connectivity index (χ1v) is 5.31. The van der Waals surface area contributed by atoms with E-state index >= 15 is 0 Å². The van der Waals surface area contributed by atoms with E-state index in [1.165, 1.54) is 6.20 Å². The third kappa shape index (κ3) is 2.83. The van der Waals surface area contributed by atoms with Gasteiger partial charge in [-0.15, -0.1) is 0 Å². The molecular formula is C10H15N5O2. The van der Waals surface area contributed by atoms with Crippen LogP contribution in [0.2, 0.25) is 0 Å². The van der Waals surface area contributed by atoms with Crippen LogP contribution in [0.3, 0.4) is 0 Å². The van der Waals surface area contributed by atoms with Gasteiger partial charge in [-0.2, -0.15) is 0 Å². The van der Waals surface area contributed by atoms with Gasteiger partial charge in [-0.3, -0.25) is 4.79 Å². The highest BCUT2D eigenvalue weighted by Gasteiger charge is 2.12. The maximum absolute atomic E-state index is 11.1. The Morgan fingerprint density at radius 2 is 2.18 bits per heavy atom. The van der Waals surface area contributed by atoms with Gasteiger partial charge in [0.05, 0.1) is 30.7 Å². The molecule has 1 aliphatic heterocycles. The third-order valence-electron chi connectivity index (χ3n) is 2.48. The van der Waals surface area contributed by atoms with Crippen LogP contribution in [-0.4, -0.2) is 42.2 Å². The predicted octanol–water partition coefficient (Wildman–Crippen LogP) is -0.578. The number of hydrazine groups is 1. The fourth-order valence-electron chi connectivity index (χ4n) is 1.58. The van der Waals surface area contributed by atoms with Gasteiger partial charge in [0, 0.05) is 13.1 Å². The number of nitrogens with two attached hydrogens (primary N) is 2. The molecule has 0 saturated carbocycles. The van der Waals surface area contributed by atoms with Crippen LogP contribution >= 0.6 is 0 Å². The molecule has 1 amide bonds. The topological polar surface area (TPSA) is 106 Å². The lowest BCUT2D eigenvalue weighted by molar-refractivity contribution is 0.0495. The Kier molecular flexibility index (Phi) is 3.40. The monoisotopic (exact) mass is 237 g/mol. The molecule has 0 aliphatic carbocycles. The van der Waals surface area contributed by atoms with Crippen LogP contribution in [0.4, 0.5) is 11.5 Å². The summed E-state index contributed by atoms with van der Waals surface area (Å²) in [6.07, 6.45) is 1.42. The van der Waals surface area contributed by atoms with Crippen molar-refractivity contribution in [1.29, 1.82) is 0 Å². The molecule has 7 heteroatoms. The summed E-state index contributed by atoms with van der Waals surface area (Å²) in [5.74, 6) is -0.00942. The van der Waals surface area contributed by atoms with Gasteiger partial charge in [-0.05, 0) is 6.07 Å². The fourth-order valence-corrected chi connectivity index (χ4v) is 1.58. The number of anilines is 2. The van der Waals surface area contributed by atoms with Crippen molar-refractivity contribution in [3.8, 4) is 0 Å². The van der Waals surface area contributed by atoms with Crippen molar-refractivity contribution >= 4 is 17.4 Å². The van der Waals surface area contributed by atoms with Crippen LogP contribution in [0, 0.1) is 0 Å². The summed E-state index contributed by atoms with van der Waals surface area (Å²) in [5, 5.41) is 1.97. The minimum absolute atomic E-state index is 0.274. The Balaban J connectivity index is 2.10. The zero-order valence-corrected chi connectivity index (χ0v) is 9.35. The number of carbonyl (C=O) groups is 1. The molecule has 0 aromatic carbocycles.